The molecule has 1 aliphatic rings. The highest BCUT2D eigenvalue weighted by Crippen LogP contribution is 2.35. The van der Waals surface area contributed by atoms with Gasteiger partial charge in [-0.15, -0.1) is 0 Å². The van der Waals surface area contributed by atoms with Gasteiger partial charge in [-0.05, 0) is 29.3 Å². The fourth-order valence-electron chi connectivity index (χ4n) is 2.91. The van der Waals surface area contributed by atoms with Gasteiger partial charge in [0.15, 0.2) is 0 Å². The average Bonchev–Trinajstić information content (AvgIpc) is 2.54. The zero-order valence-corrected chi connectivity index (χ0v) is 14.3. The molecule has 5 heteroatoms. The molecule has 2 aromatic rings. The van der Waals surface area contributed by atoms with Crippen molar-refractivity contribution in [3.05, 3.63) is 68.7 Å². The second-order valence-electron chi connectivity index (χ2n) is 5.38. The molecule has 0 radical (unpaired) electrons. The van der Waals surface area contributed by atoms with Gasteiger partial charge in [0.25, 0.3) is 0 Å². The lowest BCUT2D eigenvalue weighted by Gasteiger charge is -2.36. The van der Waals surface area contributed by atoms with E-state index >= 15 is 0 Å². The zero-order valence-electron chi connectivity index (χ0n) is 12.0. The van der Waals surface area contributed by atoms with E-state index in [4.69, 9.17) is 34.8 Å². The van der Waals surface area contributed by atoms with E-state index in [1.165, 1.54) is 0 Å². The van der Waals surface area contributed by atoms with Gasteiger partial charge in [-0.3, -0.25) is 4.90 Å². The van der Waals surface area contributed by atoms with Gasteiger partial charge in [-0.2, -0.15) is 0 Å². The lowest BCUT2D eigenvalue weighted by atomic mass is 9.96. The highest BCUT2D eigenvalue weighted by molar-refractivity contribution is 6.42. The van der Waals surface area contributed by atoms with Gasteiger partial charge < -0.3 is 5.32 Å². The molecule has 2 nitrogen and oxygen atoms in total. The van der Waals surface area contributed by atoms with Crippen molar-refractivity contribution >= 4 is 34.8 Å². The molecule has 1 heterocycles. The third kappa shape index (κ3) is 3.42. The molecule has 1 aliphatic heterocycles. The van der Waals surface area contributed by atoms with Crippen LogP contribution < -0.4 is 5.32 Å². The van der Waals surface area contributed by atoms with Gasteiger partial charge in [0, 0.05) is 31.2 Å². The summed E-state index contributed by atoms with van der Waals surface area (Å²) in [4.78, 5) is 2.43. The van der Waals surface area contributed by atoms with Crippen LogP contribution in [0.25, 0.3) is 0 Å². The van der Waals surface area contributed by atoms with Crippen LogP contribution in [0.2, 0.25) is 15.1 Å². The Morgan fingerprint density at radius 3 is 2.27 bits per heavy atom. The van der Waals surface area contributed by atoms with Crippen molar-refractivity contribution in [1.29, 1.82) is 0 Å². The molecule has 1 atom stereocenters. The number of nitrogens with zero attached hydrogens (tertiary/aromatic N) is 1. The number of piperazine rings is 1. The van der Waals surface area contributed by atoms with E-state index in [9.17, 15) is 0 Å². The van der Waals surface area contributed by atoms with Crippen LogP contribution in [0.4, 0.5) is 0 Å². The lowest BCUT2D eigenvalue weighted by molar-refractivity contribution is 0.198. The van der Waals surface area contributed by atoms with Gasteiger partial charge in [-0.1, -0.05) is 59.1 Å². The maximum absolute atomic E-state index is 6.46. The summed E-state index contributed by atoms with van der Waals surface area (Å²) in [6.45, 7) is 3.89. The first-order chi connectivity index (χ1) is 10.7. The van der Waals surface area contributed by atoms with Crippen LogP contribution in [0, 0.1) is 0 Å². The Morgan fingerprint density at radius 2 is 1.59 bits per heavy atom. The Bertz CT molecular complexity index is 654. The van der Waals surface area contributed by atoms with Crippen LogP contribution in [-0.2, 0) is 0 Å². The third-order valence-electron chi connectivity index (χ3n) is 3.98. The zero-order chi connectivity index (χ0) is 15.5. The molecule has 116 valence electrons. The molecule has 0 saturated carbocycles. The molecule has 1 N–H and O–H groups in total. The molecule has 0 bridgehead atoms. The van der Waals surface area contributed by atoms with Crippen LogP contribution in [0.1, 0.15) is 17.2 Å². The van der Waals surface area contributed by atoms with E-state index in [1.54, 1.807) is 0 Å². The molecule has 1 saturated heterocycles. The molecule has 1 fully saturated rings. The molecule has 3 rings (SSSR count). The molecule has 2 aromatic carbocycles. The normalized spacial score (nSPS) is 17.4. The Morgan fingerprint density at radius 1 is 0.864 bits per heavy atom. The summed E-state index contributed by atoms with van der Waals surface area (Å²) in [5.74, 6) is 0. The van der Waals surface area contributed by atoms with Crippen LogP contribution in [0.5, 0.6) is 0 Å². The van der Waals surface area contributed by atoms with Crippen molar-refractivity contribution in [3.63, 3.8) is 0 Å². The summed E-state index contributed by atoms with van der Waals surface area (Å²) < 4.78 is 0. The number of rotatable bonds is 3. The molecule has 0 aromatic heterocycles. The Balaban J connectivity index is 2.05. The second-order valence-corrected chi connectivity index (χ2v) is 6.61. The number of hydrogen-bond acceptors (Lipinski definition) is 2. The largest absolute Gasteiger partial charge is 0.314 e. The number of benzene rings is 2. The lowest BCUT2D eigenvalue weighted by Crippen LogP contribution is -2.45. The van der Waals surface area contributed by atoms with Crippen LogP contribution in [0.3, 0.4) is 0 Å². The predicted octanol–water partition coefficient (Wildman–Crippen LogP) is 4.64. The highest BCUT2D eigenvalue weighted by Gasteiger charge is 2.25. The Hall–Kier alpha value is -0.770. The van der Waals surface area contributed by atoms with Gasteiger partial charge in [0.2, 0.25) is 0 Å². The molecule has 1 unspecified atom stereocenters. The van der Waals surface area contributed by atoms with Crippen LogP contribution in [0.15, 0.2) is 42.5 Å². The van der Waals surface area contributed by atoms with Gasteiger partial charge in [-0.25, -0.2) is 0 Å². The van der Waals surface area contributed by atoms with Gasteiger partial charge >= 0.3 is 0 Å². The topological polar surface area (TPSA) is 15.3 Å². The van der Waals surface area contributed by atoms with Gasteiger partial charge in [0.05, 0.1) is 16.1 Å². The van der Waals surface area contributed by atoms with Crippen LogP contribution in [-0.4, -0.2) is 31.1 Å². The first-order valence-electron chi connectivity index (χ1n) is 7.31. The van der Waals surface area contributed by atoms with E-state index in [2.05, 4.69) is 16.3 Å². The smallest absolute Gasteiger partial charge is 0.0617 e. The minimum absolute atomic E-state index is 0.0885. The van der Waals surface area contributed by atoms with Crippen molar-refractivity contribution in [2.75, 3.05) is 26.2 Å². The van der Waals surface area contributed by atoms with Crippen molar-refractivity contribution in [2.45, 2.75) is 6.04 Å². The SMILES string of the molecule is Clc1ccc(C(c2ccccc2Cl)N2CCNCC2)cc1Cl. The summed E-state index contributed by atoms with van der Waals surface area (Å²) in [5, 5.41) is 5.31. The fraction of sp³-hybridized carbons (Fsp3) is 0.294. The summed E-state index contributed by atoms with van der Waals surface area (Å²) >= 11 is 18.8. The Labute approximate surface area is 146 Å². The molecule has 0 spiro atoms. The number of halogens is 3. The summed E-state index contributed by atoms with van der Waals surface area (Å²) in [6.07, 6.45) is 0. The van der Waals surface area contributed by atoms with Crippen molar-refractivity contribution in [2.24, 2.45) is 0 Å². The van der Waals surface area contributed by atoms with Gasteiger partial charge in [0.1, 0.15) is 0 Å². The fourth-order valence-corrected chi connectivity index (χ4v) is 3.45. The van der Waals surface area contributed by atoms with Crippen molar-refractivity contribution in [3.8, 4) is 0 Å². The molecule has 0 aliphatic carbocycles. The van der Waals surface area contributed by atoms with E-state index in [1.807, 2.05) is 36.4 Å². The molecular formula is C17H17Cl3N2. The predicted molar refractivity (Wildman–Crippen MR) is 94.2 cm³/mol. The monoisotopic (exact) mass is 354 g/mol. The minimum Gasteiger partial charge on any atom is -0.314 e. The van der Waals surface area contributed by atoms with Crippen molar-refractivity contribution < 1.29 is 0 Å². The van der Waals surface area contributed by atoms with E-state index < -0.39 is 0 Å². The van der Waals surface area contributed by atoms with Crippen molar-refractivity contribution in [1.82, 2.24) is 10.2 Å². The standard InChI is InChI=1S/C17H17Cl3N2/c18-14-4-2-1-3-13(14)17(22-9-7-21-8-10-22)12-5-6-15(19)16(20)11-12/h1-6,11,17,21H,7-10H2. The first-order valence-corrected chi connectivity index (χ1v) is 8.44. The summed E-state index contributed by atoms with van der Waals surface area (Å²) in [6, 6.07) is 13.9. The average molecular weight is 356 g/mol. The minimum atomic E-state index is 0.0885. The molecule has 22 heavy (non-hydrogen) atoms. The Kier molecular flexibility index (Phi) is 5.27. The van der Waals surface area contributed by atoms with E-state index in [-0.39, 0.29) is 6.04 Å². The first kappa shape index (κ1) is 16.1. The quantitative estimate of drug-likeness (QED) is 0.862. The third-order valence-corrected chi connectivity index (χ3v) is 5.06. The number of hydrogen-bond donors (Lipinski definition) is 1. The highest BCUT2D eigenvalue weighted by atomic mass is 35.5. The second kappa shape index (κ2) is 7.20. The molecule has 0 amide bonds. The molecular weight excluding hydrogens is 339 g/mol. The summed E-state index contributed by atoms with van der Waals surface area (Å²) in [5.41, 5.74) is 2.22. The summed E-state index contributed by atoms with van der Waals surface area (Å²) in [7, 11) is 0. The van der Waals surface area contributed by atoms with E-state index in [0.717, 1.165) is 42.3 Å². The number of nitrogens with one attached hydrogen (secondary N) is 1. The van der Waals surface area contributed by atoms with E-state index in [0.29, 0.717) is 10.0 Å². The maximum atomic E-state index is 6.46. The maximum Gasteiger partial charge on any atom is 0.0617 e. The van der Waals surface area contributed by atoms with Crippen LogP contribution >= 0.6 is 34.8 Å².